The number of nitrogens with one attached hydrogen (secondary N) is 1. The Bertz CT molecular complexity index is 699. The molecule has 0 aliphatic carbocycles. The Labute approximate surface area is 148 Å². The van der Waals surface area contributed by atoms with Gasteiger partial charge < -0.3 is 14.6 Å². The van der Waals surface area contributed by atoms with Crippen molar-refractivity contribution in [2.24, 2.45) is 0 Å². The fourth-order valence-electron chi connectivity index (χ4n) is 2.29. The second-order valence-corrected chi connectivity index (χ2v) is 5.70. The van der Waals surface area contributed by atoms with E-state index in [2.05, 4.69) is 20.0 Å². The molecule has 9 heteroatoms. The van der Waals surface area contributed by atoms with Gasteiger partial charge in [-0.2, -0.15) is 18.2 Å². The fraction of sp³-hybridized carbons (Fsp3) is 0.471. The number of anilines is 1. The molecule has 1 aromatic carbocycles. The SMILES string of the molecule is COc1ccc(NC(=O)CCCCCCc2noc(C(F)(F)F)n2)cc1. The molecule has 0 saturated heterocycles. The van der Waals surface area contributed by atoms with Crippen molar-refractivity contribution in [1.29, 1.82) is 0 Å². The number of halogens is 3. The van der Waals surface area contributed by atoms with Crippen molar-refractivity contribution in [2.45, 2.75) is 44.7 Å². The molecule has 0 atom stereocenters. The van der Waals surface area contributed by atoms with E-state index in [1.807, 2.05) is 0 Å². The van der Waals surface area contributed by atoms with Crippen LogP contribution in [0.2, 0.25) is 0 Å². The summed E-state index contributed by atoms with van der Waals surface area (Å²) in [6.45, 7) is 0. The smallest absolute Gasteiger partial charge is 0.471 e. The summed E-state index contributed by atoms with van der Waals surface area (Å²) >= 11 is 0. The van der Waals surface area contributed by atoms with Crippen molar-refractivity contribution in [3.63, 3.8) is 0 Å². The number of unbranched alkanes of at least 4 members (excludes halogenated alkanes) is 3. The number of hydrogen-bond acceptors (Lipinski definition) is 5. The average molecular weight is 371 g/mol. The molecule has 0 radical (unpaired) electrons. The lowest BCUT2D eigenvalue weighted by Crippen LogP contribution is -2.10. The molecule has 0 spiro atoms. The second kappa shape index (κ2) is 9.21. The maximum absolute atomic E-state index is 12.3. The van der Waals surface area contributed by atoms with Crippen molar-refractivity contribution in [3.05, 3.63) is 36.0 Å². The summed E-state index contributed by atoms with van der Waals surface area (Å²) in [4.78, 5) is 15.1. The van der Waals surface area contributed by atoms with Gasteiger partial charge in [-0.25, -0.2) is 0 Å². The number of aromatic nitrogens is 2. The molecule has 1 amide bonds. The standard InChI is InChI=1S/C17H20F3N3O3/c1-25-13-10-8-12(9-11-13)21-15(24)7-5-3-2-4-6-14-22-16(26-23-14)17(18,19)20/h8-11H,2-7H2,1H3,(H,21,24). The molecule has 2 rings (SSSR count). The van der Waals surface area contributed by atoms with E-state index in [9.17, 15) is 18.0 Å². The number of rotatable bonds is 9. The molecule has 0 saturated carbocycles. The van der Waals surface area contributed by atoms with Crippen LogP contribution >= 0.6 is 0 Å². The zero-order valence-corrected chi connectivity index (χ0v) is 14.3. The van der Waals surface area contributed by atoms with Crippen LogP contribution in [0.15, 0.2) is 28.8 Å². The van der Waals surface area contributed by atoms with Gasteiger partial charge in [0, 0.05) is 18.5 Å². The Morgan fingerprint density at radius 1 is 1.15 bits per heavy atom. The number of nitrogens with zero attached hydrogens (tertiary/aromatic N) is 2. The maximum atomic E-state index is 12.3. The first-order valence-electron chi connectivity index (χ1n) is 8.22. The summed E-state index contributed by atoms with van der Waals surface area (Å²) in [7, 11) is 1.57. The van der Waals surface area contributed by atoms with Gasteiger partial charge in [0.15, 0.2) is 5.82 Å². The summed E-state index contributed by atoms with van der Waals surface area (Å²) in [5.41, 5.74) is 0.702. The summed E-state index contributed by atoms with van der Waals surface area (Å²) in [6, 6.07) is 7.04. The lowest BCUT2D eigenvalue weighted by atomic mass is 10.1. The van der Waals surface area contributed by atoms with Crippen LogP contribution in [0.1, 0.15) is 43.8 Å². The number of aryl methyl sites for hydroxylation is 1. The Kier molecular flexibility index (Phi) is 6.99. The number of methoxy groups -OCH3 is 1. The predicted molar refractivity (Wildman–Crippen MR) is 87.7 cm³/mol. The highest BCUT2D eigenvalue weighted by Crippen LogP contribution is 2.27. The van der Waals surface area contributed by atoms with Gasteiger partial charge >= 0.3 is 12.1 Å². The Balaban J connectivity index is 1.58. The van der Waals surface area contributed by atoms with E-state index in [0.717, 1.165) is 12.8 Å². The largest absolute Gasteiger partial charge is 0.497 e. The molecule has 6 nitrogen and oxygen atoms in total. The topological polar surface area (TPSA) is 77.2 Å². The van der Waals surface area contributed by atoms with E-state index in [4.69, 9.17) is 4.74 Å². The monoisotopic (exact) mass is 371 g/mol. The normalized spacial score (nSPS) is 11.4. The minimum atomic E-state index is -4.61. The molecule has 26 heavy (non-hydrogen) atoms. The van der Waals surface area contributed by atoms with Gasteiger partial charge in [-0.15, -0.1) is 0 Å². The molecule has 1 aromatic heterocycles. The molecule has 142 valence electrons. The van der Waals surface area contributed by atoms with E-state index in [-0.39, 0.29) is 11.7 Å². The first-order chi connectivity index (χ1) is 12.4. The highest BCUT2D eigenvalue weighted by molar-refractivity contribution is 5.90. The van der Waals surface area contributed by atoms with Crippen molar-refractivity contribution in [1.82, 2.24) is 10.1 Å². The number of carbonyl (C=O) groups is 1. The predicted octanol–water partition coefficient (Wildman–Crippen LogP) is 4.23. The molecule has 0 fully saturated rings. The molecular weight excluding hydrogens is 351 g/mol. The van der Waals surface area contributed by atoms with E-state index >= 15 is 0 Å². The van der Waals surface area contributed by atoms with Crippen LogP contribution in [0.3, 0.4) is 0 Å². The van der Waals surface area contributed by atoms with Crippen LogP contribution in [0.5, 0.6) is 5.75 Å². The van der Waals surface area contributed by atoms with Gasteiger partial charge in [-0.1, -0.05) is 18.0 Å². The zero-order chi connectivity index (χ0) is 19.0. The zero-order valence-electron chi connectivity index (χ0n) is 14.3. The Morgan fingerprint density at radius 2 is 1.85 bits per heavy atom. The van der Waals surface area contributed by atoms with Gasteiger partial charge in [0.05, 0.1) is 7.11 Å². The van der Waals surface area contributed by atoms with Crippen molar-refractivity contribution < 1.29 is 27.2 Å². The maximum Gasteiger partial charge on any atom is 0.471 e. The minimum absolute atomic E-state index is 0.0505. The quantitative estimate of drug-likeness (QED) is 0.668. The summed E-state index contributed by atoms with van der Waals surface area (Å²) in [6.07, 6.45) is -1.02. The van der Waals surface area contributed by atoms with Gasteiger partial charge in [0.1, 0.15) is 5.75 Å². The Morgan fingerprint density at radius 3 is 2.46 bits per heavy atom. The first kappa shape index (κ1) is 19.7. The number of alkyl halides is 3. The third kappa shape index (κ3) is 6.38. The first-order valence-corrected chi connectivity index (χ1v) is 8.22. The molecule has 0 unspecified atom stereocenters. The number of ether oxygens (including phenoxy) is 1. The summed E-state index contributed by atoms with van der Waals surface area (Å²) in [5.74, 6) is -0.632. The number of carbonyl (C=O) groups excluding carboxylic acids is 1. The van der Waals surface area contributed by atoms with Gasteiger partial charge in [-0.3, -0.25) is 4.79 Å². The number of amides is 1. The van der Waals surface area contributed by atoms with Crippen LogP contribution < -0.4 is 10.1 Å². The number of hydrogen-bond donors (Lipinski definition) is 1. The second-order valence-electron chi connectivity index (χ2n) is 5.70. The van der Waals surface area contributed by atoms with Crippen LogP contribution in [-0.2, 0) is 17.4 Å². The minimum Gasteiger partial charge on any atom is -0.497 e. The molecule has 0 aliphatic heterocycles. The van der Waals surface area contributed by atoms with Crippen LogP contribution in [0.25, 0.3) is 0 Å². The molecule has 1 N–H and O–H groups in total. The fourth-order valence-corrected chi connectivity index (χ4v) is 2.29. The molecule has 0 bridgehead atoms. The highest BCUT2D eigenvalue weighted by atomic mass is 19.4. The summed E-state index contributed by atoms with van der Waals surface area (Å²) in [5, 5.41) is 6.10. The lowest BCUT2D eigenvalue weighted by molar-refractivity contribution is -0.159. The van der Waals surface area contributed by atoms with Crippen LogP contribution in [0, 0.1) is 0 Å². The molecular formula is C17H20F3N3O3. The molecule has 0 aliphatic rings. The molecule has 2 aromatic rings. The van der Waals surface area contributed by atoms with E-state index in [1.54, 1.807) is 31.4 Å². The van der Waals surface area contributed by atoms with Gasteiger partial charge in [-0.05, 0) is 37.1 Å². The van der Waals surface area contributed by atoms with Gasteiger partial charge in [0.25, 0.3) is 0 Å². The van der Waals surface area contributed by atoms with E-state index in [0.29, 0.717) is 37.1 Å². The van der Waals surface area contributed by atoms with E-state index < -0.39 is 12.1 Å². The Hall–Kier alpha value is -2.58. The van der Waals surface area contributed by atoms with E-state index in [1.165, 1.54) is 0 Å². The molecule has 1 heterocycles. The van der Waals surface area contributed by atoms with Crippen LogP contribution in [-0.4, -0.2) is 23.2 Å². The third-order valence-corrected chi connectivity index (χ3v) is 3.64. The van der Waals surface area contributed by atoms with Crippen LogP contribution in [0.4, 0.5) is 18.9 Å². The highest BCUT2D eigenvalue weighted by Gasteiger charge is 2.38. The third-order valence-electron chi connectivity index (χ3n) is 3.64. The van der Waals surface area contributed by atoms with Gasteiger partial charge in [0.2, 0.25) is 5.91 Å². The van der Waals surface area contributed by atoms with Crippen molar-refractivity contribution >= 4 is 11.6 Å². The summed E-state index contributed by atoms with van der Waals surface area (Å²) < 4.78 is 46.2. The number of benzene rings is 1. The lowest BCUT2D eigenvalue weighted by Gasteiger charge is -2.06. The van der Waals surface area contributed by atoms with Crippen molar-refractivity contribution in [2.75, 3.05) is 12.4 Å². The average Bonchev–Trinajstić information content (AvgIpc) is 3.08. The van der Waals surface area contributed by atoms with Crippen molar-refractivity contribution in [3.8, 4) is 5.75 Å².